The highest BCUT2D eigenvalue weighted by Gasteiger charge is 2.23. The van der Waals surface area contributed by atoms with Gasteiger partial charge < -0.3 is 15.6 Å². The van der Waals surface area contributed by atoms with Gasteiger partial charge in [-0.25, -0.2) is 0 Å². The van der Waals surface area contributed by atoms with Gasteiger partial charge in [0.25, 0.3) is 0 Å². The Labute approximate surface area is 117 Å². The van der Waals surface area contributed by atoms with Gasteiger partial charge in [0.15, 0.2) is 0 Å². The first-order chi connectivity index (χ1) is 8.41. The lowest BCUT2D eigenvalue weighted by Crippen LogP contribution is -2.34. The van der Waals surface area contributed by atoms with Crippen molar-refractivity contribution in [2.24, 2.45) is 5.73 Å². The molecule has 1 aromatic rings. The Morgan fingerprint density at radius 3 is 2.50 bits per heavy atom. The lowest BCUT2D eigenvalue weighted by Gasteiger charge is -2.26. The van der Waals surface area contributed by atoms with Crippen LogP contribution >= 0.6 is 15.9 Å². The fraction of sp³-hybridized carbons (Fsp3) is 0.571. The zero-order valence-corrected chi connectivity index (χ0v) is 12.8. The molecule has 0 spiro atoms. The number of halogens is 1. The summed E-state index contributed by atoms with van der Waals surface area (Å²) in [5.41, 5.74) is 6.10. The molecule has 0 aliphatic heterocycles. The van der Waals surface area contributed by atoms with E-state index in [2.05, 4.69) is 15.9 Å². The first-order valence-electron chi connectivity index (χ1n) is 6.32. The van der Waals surface area contributed by atoms with Gasteiger partial charge in [-0.15, -0.1) is 0 Å². The van der Waals surface area contributed by atoms with Crippen molar-refractivity contribution in [3.8, 4) is 5.75 Å². The summed E-state index contributed by atoms with van der Waals surface area (Å²) in [6.07, 6.45) is 1.34. The topological polar surface area (TPSA) is 55.5 Å². The molecule has 0 unspecified atom stereocenters. The maximum atomic E-state index is 10.2. The minimum Gasteiger partial charge on any atom is -0.490 e. The van der Waals surface area contributed by atoms with E-state index in [9.17, 15) is 5.11 Å². The minimum absolute atomic E-state index is 0.0931. The van der Waals surface area contributed by atoms with Gasteiger partial charge in [0.1, 0.15) is 12.4 Å². The monoisotopic (exact) mass is 315 g/mol. The summed E-state index contributed by atoms with van der Waals surface area (Å²) < 4.78 is 6.71. The molecule has 1 rings (SSSR count). The lowest BCUT2D eigenvalue weighted by atomic mass is 9.99. The Kier molecular flexibility index (Phi) is 5.63. The fourth-order valence-corrected chi connectivity index (χ4v) is 2.02. The molecule has 0 radical (unpaired) electrons. The Morgan fingerprint density at radius 1 is 1.39 bits per heavy atom. The second kappa shape index (κ2) is 6.55. The molecule has 18 heavy (non-hydrogen) atoms. The standard InChI is InChI=1S/C14H22BrNO2/c1-4-14(17,5-2)9-18-13-8-11(15)6-7-12(13)10(3)16/h6-8,10,17H,4-5,9,16H2,1-3H3/t10-/m1/s1. The van der Waals surface area contributed by atoms with Crippen molar-refractivity contribution in [1.29, 1.82) is 0 Å². The van der Waals surface area contributed by atoms with E-state index in [-0.39, 0.29) is 12.6 Å². The van der Waals surface area contributed by atoms with Gasteiger partial charge in [0.2, 0.25) is 0 Å². The van der Waals surface area contributed by atoms with Crippen molar-refractivity contribution in [2.45, 2.75) is 45.3 Å². The van der Waals surface area contributed by atoms with Crippen LogP contribution in [0.15, 0.2) is 22.7 Å². The third kappa shape index (κ3) is 3.97. The third-order valence-electron chi connectivity index (χ3n) is 3.28. The molecule has 3 N–H and O–H groups in total. The molecule has 0 saturated carbocycles. The predicted molar refractivity (Wildman–Crippen MR) is 77.8 cm³/mol. The average molecular weight is 316 g/mol. The van der Waals surface area contributed by atoms with Gasteiger partial charge in [-0.1, -0.05) is 35.8 Å². The fourth-order valence-electron chi connectivity index (χ4n) is 1.68. The van der Waals surface area contributed by atoms with Crippen LogP contribution in [0.1, 0.15) is 45.2 Å². The van der Waals surface area contributed by atoms with Crippen LogP contribution in [-0.2, 0) is 0 Å². The van der Waals surface area contributed by atoms with Crippen molar-refractivity contribution in [1.82, 2.24) is 0 Å². The van der Waals surface area contributed by atoms with E-state index in [1.807, 2.05) is 39.0 Å². The van der Waals surface area contributed by atoms with E-state index in [1.165, 1.54) is 0 Å². The van der Waals surface area contributed by atoms with Crippen molar-refractivity contribution < 1.29 is 9.84 Å². The Morgan fingerprint density at radius 2 is 2.00 bits per heavy atom. The van der Waals surface area contributed by atoms with Crippen LogP contribution in [0.4, 0.5) is 0 Å². The van der Waals surface area contributed by atoms with E-state index in [1.54, 1.807) is 0 Å². The average Bonchev–Trinajstić information content (AvgIpc) is 2.35. The highest BCUT2D eigenvalue weighted by molar-refractivity contribution is 9.10. The molecule has 0 aliphatic rings. The molecule has 0 aliphatic carbocycles. The highest BCUT2D eigenvalue weighted by atomic mass is 79.9. The van der Waals surface area contributed by atoms with Crippen molar-refractivity contribution in [3.63, 3.8) is 0 Å². The maximum absolute atomic E-state index is 10.2. The van der Waals surface area contributed by atoms with Crippen LogP contribution in [0, 0.1) is 0 Å². The van der Waals surface area contributed by atoms with E-state index >= 15 is 0 Å². The van der Waals surface area contributed by atoms with Crippen molar-refractivity contribution in [2.75, 3.05) is 6.61 Å². The predicted octanol–water partition coefficient (Wildman–Crippen LogP) is 3.40. The quantitative estimate of drug-likeness (QED) is 0.846. The Bertz CT molecular complexity index is 389. The van der Waals surface area contributed by atoms with Crippen LogP contribution in [0.5, 0.6) is 5.75 Å². The SMILES string of the molecule is CCC(O)(CC)COc1cc(Br)ccc1[C@@H](C)N. The van der Waals surface area contributed by atoms with E-state index < -0.39 is 5.60 Å². The lowest BCUT2D eigenvalue weighted by molar-refractivity contribution is -0.0116. The largest absolute Gasteiger partial charge is 0.490 e. The maximum Gasteiger partial charge on any atom is 0.125 e. The van der Waals surface area contributed by atoms with E-state index in [0.717, 1.165) is 15.8 Å². The summed E-state index contributed by atoms with van der Waals surface area (Å²) in [7, 11) is 0. The first kappa shape index (κ1) is 15.5. The molecule has 4 heteroatoms. The summed E-state index contributed by atoms with van der Waals surface area (Å²) >= 11 is 3.42. The van der Waals surface area contributed by atoms with Crippen molar-refractivity contribution >= 4 is 15.9 Å². The zero-order valence-electron chi connectivity index (χ0n) is 11.2. The summed E-state index contributed by atoms with van der Waals surface area (Å²) in [5, 5.41) is 10.2. The third-order valence-corrected chi connectivity index (χ3v) is 3.77. The summed E-state index contributed by atoms with van der Waals surface area (Å²) in [4.78, 5) is 0. The van der Waals surface area contributed by atoms with Crippen LogP contribution in [0.2, 0.25) is 0 Å². The molecule has 0 saturated heterocycles. The van der Waals surface area contributed by atoms with E-state index in [4.69, 9.17) is 10.5 Å². The van der Waals surface area contributed by atoms with Gasteiger partial charge in [0, 0.05) is 16.1 Å². The second-order valence-corrected chi connectivity index (χ2v) is 5.61. The molecular weight excluding hydrogens is 294 g/mol. The van der Waals surface area contributed by atoms with E-state index in [0.29, 0.717) is 12.8 Å². The Hall–Kier alpha value is -0.580. The van der Waals surface area contributed by atoms with Crippen LogP contribution in [-0.4, -0.2) is 17.3 Å². The van der Waals surface area contributed by atoms with Gasteiger partial charge >= 0.3 is 0 Å². The molecule has 0 aromatic heterocycles. The molecule has 102 valence electrons. The Balaban J connectivity index is 2.86. The van der Waals surface area contributed by atoms with Crippen molar-refractivity contribution in [3.05, 3.63) is 28.2 Å². The van der Waals surface area contributed by atoms with Gasteiger partial charge in [-0.05, 0) is 31.9 Å². The molecular formula is C14H22BrNO2. The normalized spacial score (nSPS) is 13.4. The van der Waals surface area contributed by atoms with Gasteiger partial charge in [0.05, 0.1) is 5.60 Å². The van der Waals surface area contributed by atoms with Gasteiger partial charge in [-0.2, -0.15) is 0 Å². The molecule has 1 aromatic carbocycles. The molecule has 0 bridgehead atoms. The summed E-state index contributed by atoms with van der Waals surface area (Å²) in [6, 6.07) is 5.69. The second-order valence-electron chi connectivity index (χ2n) is 4.69. The molecule has 3 nitrogen and oxygen atoms in total. The molecule has 0 fully saturated rings. The number of hydrogen-bond donors (Lipinski definition) is 2. The number of rotatable bonds is 6. The first-order valence-corrected chi connectivity index (χ1v) is 7.11. The number of hydrogen-bond acceptors (Lipinski definition) is 3. The summed E-state index contributed by atoms with van der Waals surface area (Å²) in [5.74, 6) is 0.736. The smallest absolute Gasteiger partial charge is 0.125 e. The molecule has 0 heterocycles. The molecule has 0 amide bonds. The minimum atomic E-state index is -0.766. The van der Waals surface area contributed by atoms with Crippen LogP contribution in [0.3, 0.4) is 0 Å². The highest BCUT2D eigenvalue weighted by Crippen LogP contribution is 2.29. The van der Waals surface area contributed by atoms with Crippen LogP contribution < -0.4 is 10.5 Å². The zero-order chi connectivity index (χ0) is 13.8. The van der Waals surface area contributed by atoms with Gasteiger partial charge in [-0.3, -0.25) is 0 Å². The number of aliphatic hydroxyl groups is 1. The summed E-state index contributed by atoms with van der Waals surface area (Å²) in [6.45, 7) is 6.12. The molecule has 1 atom stereocenters. The van der Waals surface area contributed by atoms with Crippen LogP contribution in [0.25, 0.3) is 0 Å². The number of ether oxygens (including phenoxy) is 1. The number of benzene rings is 1. The number of nitrogens with two attached hydrogens (primary N) is 1.